The fourth-order valence-corrected chi connectivity index (χ4v) is 5.66. The molecule has 0 saturated carbocycles. The third-order valence-corrected chi connectivity index (χ3v) is 7.55. The number of fused-ring (bicyclic) bond motifs is 1. The molecule has 1 aliphatic heterocycles. The standard InChI is InChI=1S/C22H28N4O2S.HI/c23-22(25-20-11-10-18-7-5-8-19(18)15-20)24-16-17-6-4-9-21(14-17)29(27,28)26-12-2-1-3-13-26;/h4,6,9-11,14-15H,1-3,5,7-8,12-13,16H2,(H3,23,24,25);1H. The summed E-state index contributed by atoms with van der Waals surface area (Å²) >= 11 is 0. The highest BCUT2D eigenvalue weighted by Crippen LogP contribution is 2.25. The number of guanidine groups is 1. The third kappa shape index (κ3) is 5.33. The summed E-state index contributed by atoms with van der Waals surface area (Å²) < 4.78 is 27.3. The second-order valence-corrected chi connectivity index (χ2v) is 9.71. The maximum Gasteiger partial charge on any atom is 0.243 e. The summed E-state index contributed by atoms with van der Waals surface area (Å²) in [6.07, 6.45) is 6.41. The summed E-state index contributed by atoms with van der Waals surface area (Å²) in [6.45, 7) is 1.53. The van der Waals surface area contributed by atoms with Crippen LogP contribution >= 0.6 is 24.0 Å². The Kier molecular flexibility index (Phi) is 7.75. The smallest absolute Gasteiger partial charge is 0.243 e. The summed E-state index contributed by atoms with van der Waals surface area (Å²) in [5.41, 5.74) is 10.6. The van der Waals surface area contributed by atoms with Crippen molar-refractivity contribution in [3.63, 3.8) is 0 Å². The van der Waals surface area contributed by atoms with E-state index in [1.165, 1.54) is 17.5 Å². The van der Waals surface area contributed by atoms with Gasteiger partial charge in [0.25, 0.3) is 0 Å². The molecule has 30 heavy (non-hydrogen) atoms. The van der Waals surface area contributed by atoms with Crippen LogP contribution in [0.4, 0.5) is 5.69 Å². The van der Waals surface area contributed by atoms with Crippen molar-refractivity contribution in [2.75, 3.05) is 18.4 Å². The van der Waals surface area contributed by atoms with E-state index in [2.05, 4.69) is 22.4 Å². The number of hydrogen-bond donors (Lipinski definition) is 2. The fraction of sp³-hybridized carbons (Fsp3) is 0.409. The van der Waals surface area contributed by atoms with Gasteiger partial charge >= 0.3 is 0 Å². The summed E-state index contributed by atoms with van der Waals surface area (Å²) in [6, 6.07) is 13.3. The molecule has 0 amide bonds. The molecule has 0 radical (unpaired) electrons. The molecule has 0 unspecified atom stereocenters. The first-order chi connectivity index (χ1) is 14.0. The quantitative estimate of drug-likeness (QED) is 0.342. The van der Waals surface area contributed by atoms with Crippen LogP contribution in [0.25, 0.3) is 0 Å². The average Bonchev–Trinajstić information content (AvgIpc) is 3.21. The van der Waals surface area contributed by atoms with Crippen molar-refractivity contribution in [2.24, 2.45) is 10.7 Å². The number of benzene rings is 2. The lowest BCUT2D eigenvalue weighted by Gasteiger charge is -2.26. The second-order valence-electron chi connectivity index (χ2n) is 7.78. The molecule has 8 heteroatoms. The van der Waals surface area contributed by atoms with Gasteiger partial charge in [-0.2, -0.15) is 4.31 Å². The number of hydrogen-bond acceptors (Lipinski definition) is 3. The van der Waals surface area contributed by atoms with Crippen LogP contribution in [0.3, 0.4) is 0 Å². The summed E-state index contributed by atoms with van der Waals surface area (Å²) in [5.74, 6) is 0.326. The predicted octanol–water partition coefficient (Wildman–Crippen LogP) is 3.89. The van der Waals surface area contributed by atoms with Gasteiger partial charge in [0, 0.05) is 18.8 Å². The van der Waals surface area contributed by atoms with E-state index < -0.39 is 10.0 Å². The first-order valence-electron chi connectivity index (χ1n) is 10.3. The van der Waals surface area contributed by atoms with Gasteiger partial charge in [0.15, 0.2) is 5.96 Å². The Balaban J connectivity index is 0.00000256. The molecule has 1 saturated heterocycles. The van der Waals surface area contributed by atoms with Gasteiger partial charge in [-0.15, -0.1) is 24.0 Å². The molecule has 1 heterocycles. The summed E-state index contributed by atoms with van der Waals surface area (Å²) in [4.78, 5) is 4.72. The van der Waals surface area contributed by atoms with Crippen LogP contribution in [0, 0.1) is 0 Å². The van der Waals surface area contributed by atoms with E-state index in [9.17, 15) is 8.42 Å². The maximum absolute atomic E-state index is 12.9. The fourth-order valence-electron chi connectivity index (χ4n) is 4.07. The first kappa shape index (κ1) is 23.0. The highest BCUT2D eigenvalue weighted by atomic mass is 127. The number of nitrogens with two attached hydrogens (primary N) is 1. The first-order valence-corrected chi connectivity index (χ1v) is 11.7. The van der Waals surface area contributed by atoms with Gasteiger partial charge in [0.05, 0.1) is 11.4 Å². The van der Waals surface area contributed by atoms with Crippen LogP contribution in [0.5, 0.6) is 0 Å². The molecule has 0 aromatic heterocycles. The number of nitrogens with one attached hydrogen (secondary N) is 1. The minimum absolute atomic E-state index is 0. The number of aliphatic imine (C=N–C) groups is 1. The van der Waals surface area contributed by atoms with Crippen LogP contribution in [-0.2, 0) is 29.4 Å². The number of nitrogens with zero attached hydrogens (tertiary/aromatic N) is 2. The van der Waals surface area contributed by atoms with E-state index in [1.807, 2.05) is 12.1 Å². The van der Waals surface area contributed by atoms with Crippen molar-refractivity contribution < 1.29 is 8.42 Å². The third-order valence-electron chi connectivity index (χ3n) is 5.65. The molecule has 2 aliphatic rings. The second kappa shape index (κ2) is 10.1. The molecule has 2 aromatic carbocycles. The van der Waals surface area contributed by atoms with Crippen LogP contribution in [0.15, 0.2) is 52.4 Å². The molecular weight excluding hydrogens is 511 g/mol. The van der Waals surface area contributed by atoms with E-state index in [-0.39, 0.29) is 24.0 Å². The number of aryl methyl sites for hydroxylation is 2. The van der Waals surface area contributed by atoms with Gasteiger partial charge in [0.2, 0.25) is 10.0 Å². The van der Waals surface area contributed by atoms with Crippen molar-refractivity contribution >= 4 is 45.6 Å². The van der Waals surface area contributed by atoms with Gasteiger partial charge in [-0.1, -0.05) is 24.6 Å². The molecule has 2 aromatic rings. The van der Waals surface area contributed by atoms with Crippen molar-refractivity contribution in [3.05, 3.63) is 59.2 Å². The number of sulfonamides is 1. The number of rotatable bonds is 5. The predicted molar refractivity (Wildman–Crippen MR) is 132 cm³/mol. The lowest BCUT2D eigenvalue weighted by molar-refractivity contribution is 0.346. The zero-order valence-corrected chi connectivity index (χ0v) is 20.2. The Bertz CT molecular complexity index is 1020. The Labute approximate surface area is 196 Å². The van der Waals surface area contributed by atoms with Crippen LogP contribution in [0.1, 0.15) is 42.4 Å². The van der Waals surface area contributed by atoms with E-state index >= 15 is 0 Å². The van der Waals surface area contributed by atoms with Gasteiger partial charge < -0.3 is 11.1 Å². The molecule has 0 spiro atoms. The normalized spacial score (nSPS) is 17.3. The molecule has 0 bridgehead atoms. The van der Waals surface area contributed by atoms with Crippen molar-refractivity contribution in [1.29, 1.82) is 0 Å². The van der Waals surface area contributed by atoms with E-state index in [1.54, 1.807) is 22.5 Å². The highest BCUT2D eigenvalue weighted by molar-refractivity contribution is 14.0. The zero-order chi connectivity index (χ0) is 20.3. The topological polar surface area (TPSA) is 87.8 Å². The molecule has 4 rings (SSSR count). The molecule has 162 valence electrons. The molecule has 1 aliphatic carbocycles. The number of piperidine rings is 1. The van der Waals surface area contributed by atoms with Gasteiger partial charge in [-0.3, -0.25) is 0 Å². The Hall–Kier alpha value is -1.65. The minimum atomic E-state index is -3.44. The Morgan fingerprint density at radius 2 is 1.77 bits per heavy atom. The maximum atomic E-state index is 12.9. The van der Waals surface area contributed by atoms with Crippen LogP contribution in [0.2, 0.25) is 0 Å². The monoisotopic (exact) mass is 540 g/mol. The van der Waals surface area contributed by atoms with Gasteiger partial charge in [0.1, 0.15) is 0 Å². The number of anilines is 1. The van der Waals surface area contributed by atoms with Gasteiger partial charge in [-0.25, -0.2) is 13.4 Å². The zero-order valence-electron chi connectivity index (χ0n) is 17.0. The van der Waals surface area contributed by atoms with Crippen LogP contribution < -0.4 is 11.1 Å². The molecule has 1 fully saturated rings. The lowest BCUT2D eigenvalue weighted by atomic mass is 10.1. The van der Waals surface area contributed by atoms with Crippen LogP contribution in [-0.4, -0.2) is 31.8 Å². The van der Waals surface area contributed by atoms with Crippen molar-refractivity contribution in [2.45, 2.75) is 50.0 Å². The Morgan fingerprint density at radius 3 is 2.57 bits per heavy atom. The van der Waals surface area contributed by atoms with E-state index in [0.29, 0.717) is 30.5 Å². The highest BCUT2D eigenvalue weighted by Gasteiger charge is 2.25. The SMILES string of the molecule is I.NC(=NCc1cccc(S(=O)(=O)N2CCCCC2)c1)Nc1ccc2c(c1)CCC2. The number of halogens is 1. The molecule has 0 atom stereocenters. The lowest BCUT2D eigenvalue weighted by Crippen LogP contribution is -2.35. The Morgan fingerprint density at radius 1 is 1.00 bits per heavy atom. The van der Waals surface area contributed by atoms with E-state index in [4.69, 9.17) is 5.73 Å². The summed E-state index contributed by atoms with van der Waals surface area (Å²) in [5, 5.41) is 3.14. The van der Waals surface area contributed by atoms with E-state index in [0.717, 1.165) is 43.4 Å². The molecule has 6 nitrogen and oxygen atoms in total. The summed E-state index contributed by atoms with van der Waals surface area (Å²) in [7, 11) is -3.44. The van der Waals surface area contributed by atoms with Gasteiger partial charge in [-0.05, 0) is 73.1 Å². The largest absolute Gasteiger partial charge is 0.370 e. The van der Waals surface area contributed by atoms with Crippen molar-refractivity contribution in [3.8, 4) is 0 Å². The minimum Gasteiger partial charge on any atom is -0.370 e. The van der Waals surface area contributed by atoms with Crippen molar-refractivity contribution in [1.82, 2.24) is 4.31 Å². The average molecular weight is 540 g/mol. The molecule has 3 N–H and O–H groups in total. The molecular formula is C22H29IN4O2S.